The Morgan fingerprint density at radius 1 is 1.10 bits per heavy atom. The third-order valence-corrected chi connectivity index (χ3v) is 6.44. The Kier molecular flexibility index (Phi) is 8.53. The lowest BCUT2D eigenvalue weighted by molar-refractivity contribution is -0.141. The summed E-state index contributed by atoms with van der Waals surface area (Å²) in [6, 6.07) is 15.2. The van der Waals surface area contributed by atoms with E-state index < -0.39 is 6.04 Å². The molecule has 0 spiro atoms. The van der Waals surface area contributed by atoms with Crippen LogP contribution in [0.4, 0.5) is 0 Å². The molecule has 2 aromatic carbocycles. The highest BCUT2D eigenvalue weighted by molar-refractivity contribution is 6.31. The molecule has 3 rings (SSSR count). The average molecular weight is 441 g/mol. The summed E-state index contributed by atoms with van der Waals surface area (Å²) in [5.41, 5.74) is 2.94. The van der Waals surface area contributed by atoms with Crippen molar-refractivity contribution in [2.24, 2.45) is 0 Å². The van der Waals surface area contributed by atoms with Crippen LogP contribution in [-0.2, 0) is 22.6 Å². The van der Waals surface area contributed by atoms with Crippen LogP contribution in [0.3, 0.4) is 0 Å². The minimum absolute atomic E-state index is 0.0467. The number of carbonyl (C=O) groups is 2. The number of carbonyl (C=O) groups excluding carboxylic acids is 2. The molecule has 2 aromatic rings. The average Bonchev–Trinajstić information content (AvgIpc) is 2.76. The smallest absolute Gasteiger partial charge is 0.243 e. The molecule has 1 aliphatic rings. The van der Waals surface area contributed by atoms with Gasteiger partial charge in [-0.2, -0.15) is 0 Å². The van der Waals surface area contributed by atoms with E-state index in [0.717, 1.165) is 42.4 Å². The number of hydrogen-bond donors (Lipinski definition) is 1. The van der Waals surface area contributed by atoms with Crippen molar-refractivity contribution in [1.29, 1.82) is 0 Å². The fraction of sp³-hybridized carbons (Fsp3) is 0.462. The summed E-state index contributed by atoms with van der Waals surface area (Å²) in [5, 5.41) is 3.79. The Hall–Kier alpha value is -2.33. The highest BCUT2D eigenvalue weighted by Crippen LogP contribution is 2.21. The Morgan fingerprint density at radius 2 is 1.84 bits per heavy atom. The van der Waals surface area contributed by atoms with Crippen molar-refractivity contribution in [3.05, 3.63) is 70.2 Å². The predicted octanol–water partition coefficient (Wildman–Crippen LogP) is 5.45. The molecule has 166 valence electrons. The number of nitrogens with zero attached hydrogens (tertiary/aromatic N) is 1. The van der Waals surface area contributed by atoms with Crippen LogP contribution < -0.4 is 5.32 Å². The molecule has 1 N–H and O–H groups in total. The van der Waals surface area contributed by atoms with Crippen LogP contribution >= 0.6 is 11.6 Å². The number of hydrogen-bond acceptors (Lipinski definition) is 2. The number of rotatable bonds is 8. The monoisotopic (exact) mass is 440 g/mol. The van der Waals surface area contributed by atoms with Crippen LogP contribution in [0.25, 0.3) is 0 Å². The molecule has 1 saturated carbocycles. The maximum atomic E-state index is 13.4. The molecule has 5 heteroatoms. The second-order valence-electron chi connectivity index (χ2n) is 8.55. The first-order valence-corrected chi connectivity index (χ1v) is 11.7. The fourth-order valence-corrected chi connectivity index (χ4v) is 4.58. The van der Waals surface area contributed by atoms with Crippen molar-refractivity contribution in [2.45, 2.75) is 77.4 Å². The lowest BCUT2D eigenvalue weighted by atomic mass is 9.95. The topological polar surface area (TPSA) is 49.4 Å². The summed E-state index contributed by atoms with van der Waals surface area (Å²) in [7, 11) is 0. The lowest BCUT2D eigenvalue weighted by Gasteiger charge is -2.33. The van der Waals surface area contributed by atoms with E-state index in [9.17, 15) is 9.59 Å². The summed E-state index contributed by atoms with van der Waals surface area (Å²) >= 11 is 6.31. The number of halogens is 1. The van der Waals surface area contributed by atoms with Gasteiger partial charge < -0.3 is 10.2 Å². The van der Waals surface area contributed by atoms with Crippen molar-refractivity contribution in [3.8, 4) is 0 Å². The minimum atomic E-state index is -0.502. The summed E-state index contributed by atoms with van der Waals surface area (Å²) in [6.45, 7) is 4.41. The minimum Gasteiger partial charge on any atom is -0.352 e. The highest BCUT2D eigenvalue weighted by Gasteiger charge is 2.30. The third kappa shape index (κ3) is 6.57. The molecular formula is C26H33ClN2O2. The largest absolute Gasteiger partial charge is 0.352 e. The summed E-state index contributed by atoms with van der Waals surface area (Å²) in [5.74, 6) is -0.130. The quantitative estimate of drug-likeness (QED) is 0.593. The molecule has 0 radical (unpaired) electrons. The maximum absolute atomic E-state index is 13.4. The highest BCUT2D eigenvalue weighted by atomic mass is 35.5. The van der Waals surface area contributed by atoms with Gasteiger partial charge in [0, 0.05) is 17.6 Å². The van der Waals surface area contributed by atoms with Gasteiger partial charge in [-0.15, -0.1) is 0 Å². The molecule has 0 aromatic heterocycles. The maximum Gasteiger partial charge on any atom is 0.243 e. The zero-order valence-electron chi connectivity index (χ0n) is 18.6. The van der Waals surface area contributed by atoms with E-state index in [1.807, 2.05) is 50.2 Å². The Balaban J connectivity index is 1.82. The van der Waals surface area contributed by atoms with Gasteiger partial charge in [-0.3, -0.25) is 9.59 Å². The Labute approximate surface area is 191 Å². The first kappa shape index (κ1) is 23.3. The number of aryl methyl sites for hydroxylation is 1. The van der Waals surface area contributed by atoms with Crippen LogP contribution in [0, 0.1) is 6.92 Å². The molecule has 0 unspecified atom stereocenters. The number of amides is 2. The van der Waals surface area contributed by atoms with E-state index >= 15 is 0 Å². The Bertz CT molecular complexity index is 892. The van der Waals surface area contributed by atoms with E-state index in [0.29, 0.717) is 18.0 Å². The van der Waals surface area contributed by atoms with Gasteiger partial charge >= 0.3 is 0 Å². The normalized spacial score (nSPS) is 15.3. The number of benzene rings is 2. The molecule has 31 heavy (non-hydrogen) atoms. The van der Waals surface area contributed by atoms with Crippen LogP contribution in [0.1, 0.15) is 62.1 Å². The van der Waals surface area contributed by atoms with Gasteiger partial charge in [-0.05, 0) is 43.4 Å². The molecule has 0 heterocycles. The van der Waals surface area contributed by atoms with Crippen molar-refractivity contribution in [3.63, 3.8) is 0 Å². The van der Waals surface area contributed by atoms with Crippen LogP contribution in [0.15, 0.2) is 48.5 Å². The molecule has 1 aliphatic carbocycles. The van der Waals surface area contributed by atoms with Gasteiger partial charge in [0.1, 0.15) is 6.04 Å². The summed E-state index contributed by atoms with van der Waals surface area (Å²) in [4.78, 5) is 28.4. The second kappa shape index (κ2) is 11.3. The molecule has 0 aliphatic heterocycles. The first-order chi connectivity index (χ1) is 15.0. The molecule has 1 atom stereocenters. The van der Waals surface area contributed by atoms with Crippen LogP contribution in [0.2, 0.25) is 5.02 Å². The third-order valence-electron chi connectivity index (χ3n) is 6.07. The Morgan fingerprint density at radius 3 is 2.52 bits per heavy atom. The zero-order chi connectivity index (χ0) is 22.2. The van der Waals surface area contributed by atoms with Gasteiger partial charge in [-0.25, -0.2) is 0 Å². The SMILES string of the molecule is CC[C@H](C(=O)NC1CCCCC1)N(Cc1cccc(C)c1)C(=O)Cc1ccccc1Cl. The molecule has 2 amide bonds. The number of nitrogens with one attached hydrogen (secondary N) is 1. The summed E-state index contributed by atoms with van der Waals surface area (Å²) < 4.78 is 0. The standard InChI is InChI=1S/C26H33ClN2O2/c1-3-24(26(31)28-22-13-5-4-6-14-22)29(18-20-11-9-10-19(2)16-20)25(30)17-21-12-7-8-15-23(21)27/h7-12,15-16,22,24H,3-6,13-14,17-18H2,1-2H3,(H,28,31)/t24-/m1/s1. The molecule has 0 saturated heterocycles. The first-order valence-electron chi connectivity index (χ1n) is 11.4. The van der Waals surface area contributed by atoms with Crippen LogP contribution in [0.5, 0.6) is 0 Å². The van der Waals surface area contributed by atoms with Crippen molar-refractivity contribution in [1.82, 2.24) is 10.2 Å². The van der Waals surface area contributed by atoms with Crippen LogP contribution in [-0.4, -0.2) is 28.8 Å². The van der Waals surface area contributed by atoms with E-state index in [1.54, 1.807) is 11.0 Å². The molecular weight excluding hydrogens is 408 g/mol. The van der Waals surface area contributed by atoms with Crippen molar-refractivity contribution in [2.75, 3.05) is 0 Å². The van der Waals surface area contributed by atoms with Gasteiger partial charge in [0.25, 0.3) is 0 Å². The van der Waals surface area contributed by atoms with E-state index in [-0.39, 0.29) is 24.3 Å². The van der Waals surface area contributed by atoms with Gasteiger partial charge in [0.15, 0.2) is 0 Å². The van der Waals surface area contributed by atoms with Gasteiger partial charge in [0.2, 0.25) is 11.8 Å². The van der Waals surface area contributed by atoms with E-state index in [1.165, 1.54) is 6.42 Å². The fourth-order valence-electron chi connectivity index (χ4n) is 4.38. The van der Waals surface area contributed by atoms with E-state index in [2.05, 4.69) is 11.4 Å². The molecule has 1 fully saturated rings. The summed E-state index contributed by atoms with van der Waals surface area (Å²) in [6.07, 6.45) is 6.33. The van der Waals surface area contributed by atoms with Gasteiger partial charge in [-0.1, -0.05) is 85.8 Å². The van der Waals surface area contributed by atoms with Gasteiger partial charge in [0.05, 0.1) is 6.42 Å². The van der Waals surface area contributed by atoms with Crippen molar-refractivity contribution >= 4 is 23.4 Å². The van der Waals surface area contributed by atoms with E-state index in [4.69, 9.17) is 11.6 Å². The second-order valence-corrected chi connectivity index (χ2v) is 8.95. The predicted molar refractivity (Wildman–Crippen MR) is 126 cm³/mol. The zero-order valence-corrected chi connectivity index (χ0v) is 19.3. The molecule has 0 bridgehead atoms. The van der Waals surface area contributed by atoms with Crippen molar-refractivity contribution < 1.29 is 9.59 Å². The molecule has 4 nitrogen and oxygen atoms in total. The lowest BCUT2D eigenvalue weighted by Crippen LogP contribution is -2.52.